The van der Waals surface area contributed by atoms with Crippen molar-refractivity contribution in [3.05, 3.63) is 0 Å². The van der Waals surface area contributed by atoms with E-state index in [0.29, 0.717) is 19.0 Å². The molecular weight excluding hydrogens is 224 g/mol. The molecule has 0 heterocycles. The smallest absolute Gasteiger partial charge is 0.214 e. The maximum atomic E-state index is 12.1. The van der Waals surface area contributed by atoms with Crippen LogP contribution in [0, 0.1) is 0 Å². The second kappa shape index (κ2) is 6.57. The van der Waals surface area contributed by atoms with Gasteiger partial charge in [-0.2, -0.15) is 4.31 Å². The van der Waals surface area contributed by atoms with E-state index < -0.39 is 10.0 Å². The largest absolute Gasteiger partial charge is 0.317 e. The Bertz CT molecular complexity index is 286. The van der Waals surface area contributed by atoms with Crippen molar-refractivity contribution < 1.29 is 8.42 Å². The van der Waals surface area contributed by atoms with Crippen molar-refractivity contribution in [2.24, 2.45) is 0 Å². The summed E-state index contributed by atoms with van der Waals surface area (Å²) in [5, 5.41) is 3.15. The minimum absolute atomic E-state index is 0.288. The van der Waals surface area contributed by atoms with Gasteiger partial charge in [0.15, 0.2) is 0 Å². The number of sulfonamides is 1. The molecule has 0 aromatic rings. The Kier molecular flexibility index (Phi) is 5.72. The highest BCUT2D eigenvalue weighted by Gasteiger charge is 2.35. The van der Waals surface area contributed by atoms with Crippen LogP contribution in [0.3, 0.4) is 0 Å². The second-order valence-corrected chi connectivity index (χ2v) is 6.41. The Labute approximate surface area is 99.5 Å². The van der Waals surface area contributed by atoms with E-state index in [2.05, 4.69) is 5.32 Å². The lowest BCUT2D eigenvalue weighted by atomic mass is 10.5. The van der Waals surface area contributed by atoms with Crippen LogP contribution in [-0.4, -0.2) is 44.2 Å². The first-order valence-corrected chi connectivity index (χ1v) is 7.93. The molecule has 4 nitrogen and oxygen atoms in total. The number of hydrogen-bond donors (Lipinski definition) is 1. The molecule has 1 saturated carbocycles. The lowest BCUT2D eigenvalue weighted by Crippen LogP contribution is -2.36. The van der Waals surface area contributed by atoms with Gasteiger partial charge < -0.3 is 5.32 Å². The molecule has 96 valence electrons. The first kappa shape index (κ1) is 13.9. The van der Waals surface area contributed by atoms with Gasteiger partial charge in [0.05, 0.1) is 5.75 Å². The highest BCUT2D eigenvalue weighted by atomic mass is 32.2. The summed E-state index contributed by atoms with van der Waals surface area (Å²) in [5.74, 6) is 0.288. The summed E-state index contributed by atoms with van der Waals surface area (Å²) in [4.78, 5) is 0. The zero-order chi connectivity index (χ0) is 12.0. The van der Waals surface area contributed by atoms with Gasteiger partial charge in [0.25, 0.3) is 0 Å². The molecule has 0 radical (unpaired) electrons. The van der Waals surface area contributed by atoms with Crippen molar-refractivity contribution in [3.8, 4) is 0 Å². The van der Waals surface area contributed by atoms with Gasteiger partial charge in [0, 0.05) is 12.6 Å². The molecule has 0 saturated heterocycles. The normalized spacial score (nSPS) is 16.9. The third-order valence-corrected chi connectivity index (χ3v) is 4.76. The lowest BCUT2D eigenvalue weighted by molar-refractivity contribution is 0.402. The fourth-order valence-corrected chi connectivity index (χ4v) is 3.67. The van der Waals surface area contributed by atoms with Crippen molar-refractivity contribution in [3.63, 3.8) is 0 Å². The average molecular weight is 248 g/mol. The summed E-state index contributed by atoms with van der Waals surface area (Å²) in [6.45, 7) is 6.45. The predicted molar refractivity (Wildman–Crippen MR) is 67.0 cm³/mol. The van der Waals surface area contributed by atoms with E-state index in [1.54, 1.807) is 4.31 Å². The molecule has 0 aliphatic heterocycles. The third-order valence-electron chi connectivity index (χ3n) is 2.76. The van der Waals surface area contributed by atoms with E-state index in [1.165, 1.54) is 0 Å². The Morgan fingerprint density at radius 1 is 1.31 bits per heavy atom. The molecule has 0 aromatic carbocycles. The first-order valence-electron chi connectivity index (χ1n) is 6.32. The van der Waals surface area contributed by atoms with Crippen LogP contribution in [-0.2, 0) is 10.0 Å². The van der Waals surface area contributed by atoms with Gasteiger partial charge in [0.2, 0.25) is 10.0 Å². The van der Waals surface area contributed by atoms with Crippen molar-refractivity contribution in [2.45, 2.75) is 45.6 Å². The van der Waals surface area contributed by atoms with E-state index in [-0.39, 0.29) is 5.75 Å². The summed E-state index contributed by atoms with van der Waals surface area (Å²) in [6, 6.07) is 0.309. The average Bonchev–Trinajstić information content (AvgIpc) is 3.04. The molecule has 0 aromatic heterocycles. The lowest BCUT2D eigenvalue weighted by Gasteiger charge is -2.21. The van der Waals surface area contributed by atoms with Crippen LogP contribution in [0.4, 0.5) is 0 Å². The zero-order valence-electron chi connectivity index (χ0n) is 10.4. The molecule has 1 N–H and O–H groups in total. The number of nitrogens with one attached hydrogen (secondary N) is 1. The number of rotatable bonds is 9. The minimum Gasteiger partial charge on any atom is -0.317 e. The maximum Gasteiger partial charge on any atom is 0.214 e. The Morgan fingerprint density at radius 2 is 2.00 bits per heavy atom. The number of nitrogens with zero attached hydrogens (tertiary/aromatic N) is 1. The van der Waals surface area contributed by atoms with Crippen molar-refractivity contribution >= 4 is 10.0 Å². The Morgan fingerprint density at radius 3 is 2.50 bits per heavy atom. The monoisotopic (exact) mass is 248 g/mol. The van der Waals surface area contributed by atoms with Gasteiger partial charge >= 0.3 is 0 Å². The first-order chi connectivity index (χ1) is 7.61. The predicted octanol–water partition coefficient (Wildman–Crippen LogP) is 1.19. The fraction of sp³-hybridized carbons (Fsp3) is 1.00. The van der Waals surface area contributed by atoms with Crippen LogP contribution < -0.4 is 5.32 Å². The maximum absolute atomic E-state index is 12.1. The number of hydrogen-bond acceptors (Lipinski definition) is 3. The van der Waals surface area contributed by atoms with Crippen LogP contribution in [0.15, 0.2) is 0 Å². The second-order valence-electron chi connectivity index (χ2n) is 4.37. The summed E-state index contributed by atoms with van der Waals surface area (Å²) < 4.78 is 25.8. The van der Waals surface area contributed by atoms with E-state index >= 15 is 0 Å². The summed E-state index contributed by atoms with van der Waals surface area (Å²) in [5.41, 5.74) is 0. The fourth-order valence-electron chi connectivity index (χ4n) is 1.81. The summed E-state index contributed by atoms with van der Waals surface area (Å²) in [6.07, 6.45) is 3.71. The van der Waals surface area contributed by atoms with E-state index in [1.807, 2.05) is 13.8 Å². The molecule has 1 aliphatic carbocycles. The summed E-state index contributed by atoms with van der Waals surface area (Å²) >= 11 is 0. The van der Waals surface area contributed by atoms with Crippen LogP contribution >= 0.6 is 0 Å². The van der Waals surface area contributed by atoms with Crippen LogP contribution in [0.1, 0.15) is 39.5 Å². The molecule has 5 heteroatoms. The molecule has 0 atom stereocenters. The van der Waals surface area contributed by atoms with Crippen LogP contribution in [0.25, 0.3) is 0 Å². The molecular formula is C11H24N2O2S. The minimum atomic E-state index is -3.01. The zero-order valence-corrected chi connectivity index (χ0v) is 11.2. The molecule has 0 spiro atoms. The van der Waals surface area contributed by atoms with Crippen molar-refractivity contribution in [1.82, 2.24) is 9.62 Å². The molecule has 1 fully saturated rings. The SMILES string of the molecule is CCCN(C1CC1)S(=O)(=O)CCCNCC. The van der Waals surface area contributed by atoms with E-state index in [4.69, 9.17) is 0 Å². The van der Waals surface area contributed by atoms with Crippen molar-refractivity contribution in [2.75, 3.05) is 25.4 Å². The molecule has 0 amide bonds. The van der Waals surface area contributed by atoms with Gasteiger partial charge in [-0.15, -0.1) is 0 Å². The highest BCUT2D eigenvalue weighted by Crippen LogP contribution is 2.29. The highest BCUT2D eigenvalue weighted by molar-refractivity contribution is 7.89. The molecule has 0 bridgehead atoms. The molecule has 16 heavy (non-hydrogen) atoms. The van der Waals surface area contributed by atoms with Gasteiger partial charge in [-0.3, -0.25) is 0 Å². The van der Waals surface area contributed by atoms with E-state index in [9.17, 15) is 8.42 Å². The molecule has 0 unspecified atom stereocenters. The van der Waals surface area contributed by atoms with Gasteiger partial charge in [-0.05, 0) is 38.8 Å². The quantitative estimate of drug-likeness (QED) is 0.624. The standard InChI is InChI=1S/C11H24N2O2S/c1-3-9-13(11-6-7-11)16(14,15)10-5-8-12-4-2/h11-12H,3-10H2,1-2H3. The van der Waals surface area contributed by atoms with Gasteiger partial charge in [-0.25, -0.2) is 8.42 Å². The van der Waals surface area contributed by atoms with Crippen LogP contribution in [0.2, 0.25) is 0 Å². The topological polar surface area (TPSA) is 49.4 Å². The van der Waals surface area contributed by atoms with Gasteiger partial charge in [-0.1, -0.05) is 13.8 Å². The van der Waals surface area contributed by atoms with E-state index in [0.717, 1.165) is 32.4 Å². The molecule has 1 rings (SSSR count). The van der Waals surface area contributed by atoms with Crippen molar-refractivity contribution in [1.29, 1.82) is 0 Å². The Balaban J connectivity index is 2.39. The van der Waals surface area contributed by atoms with Gasteiger partial charge in [0.1, 0.15) is 0 Å². The molecule has 1 aliphatic rings. The third kappa shape index (κ3) is 4.39. The Hall–Kier alpha value is -0.130. The van der Waals surface area contributed by atoms with Crippen LogP contribution in [0.5, 0.6) is 0 Å². The summed E-state index contributed by atoms with van der Waals surface area (Å²) in [7, 11) is -3.01.